The Morgan fingerprint density at radius 2 is 2.00 bits per heavy atom. The third kappa shape index (κ3) is 3.74. The van der Waals surface area contributed by atoms with Crippen molar-refractivity contribution < 1.29 is 19.1 Å². The van der Waals surface area contributed by atoms with Gasteiger partial charge < -0.3 is 10.0 Å². The normalized spacial score (nSPS) is 35.7. The van der Waals surface area contributed by atoms with Gasteiger partial charge >= 0.3 is 5.97 Å². The predicted molar refractivity (Wildman–Crippen MR) is 77.6 cm³/mol. The van der Waals surface area contributed by atoms with Crippen molar-refractivity contribution >= 4 is 11.9 Å². The van der Waals surface area contributed by atoms with Gasteiger partial charge in [0.05, 0.1) is 6.54 Å². The average molecular weight is 299 g/mol. The van der Waals surface area contributed by atoms with E-state index in [4.69, 9.17) is 5.11 Å². The molecule has 21 heavy (non-hydrogen) atoms. The maximum Gasteiger partial charge on any atom is 0.343 e. The van der Waals surface area contributed by atoms with Crippen LogP contribution in [0.1, 0.15) is 52.9 Å². The van der Waals surface area contributed by atoms with E-state index in [-0.39, 0.29) is 30.8 Å². The van der Waals surface area contributed by atoms with Gasteiger partial charge in [-0.15, -0.1) is 0 Å². The smallest absolute Gasteiger partial charge is 0.343 e. The molecule has 1 aliphatic heterocycles. The molecule has 0 bridgehead atoms. The molecule has 1 saturated heterocycles. The zero-order valence-electron chi connectivity index (χ0n) is 13.2. The van der Waals surface area contributed by atoms with Crippen molar-refractivity contribution in [2.24, 2.45) is 17.3 Å². The molecule has 0 aromatic heterocycles. The van der Waals surface area contributed by atoms with Gasteiger partial charge in [-0.1, -0.05) is 20.8 Å². The highest BCUT2D eigenvalue weighted by atomic mass is 19.1. The fourth-order valence-electron chi connectivity index (χ4n) is 4.24. The third-order valence-corrected chi connectivity index (χ3v) is 4.90. The second kappa shape index (κ2) is 5.58. The summed E-state index contributed by atoms with van der Waals surface area (Å²) in [5.41, 5.74) is -2.01. The first-order valence-electron chi connectivity index (χ1n) is 7.81. The minimum Gasteiger partial charge on any atom is -0.479 e. The number of likely N-dealkylation sites (tertiary alicyclic amines) is 1. The minimum atomic E-state index is -2.26. The Kier molecular flexibility index (Phi) is 4.31. The van der Waals surface area contributed by atoms with Crippen LogP contribution in [0.3, 0.4) is 0 Å². The van der Waals surface area contributed by atoms with E-state index in [2.05, 4.69) is 20.8 Å². The SMILES string of the molecule is CC1CC(CC(=O)N2CCC(F)(C(=O)O)C2)CC(C)(C)C1. The van der Waals surface area contributed by atoms with Crippen LogP contribution in [-0.4, -0.2) is 40.6 Å². The zero-order chi connectivity index (χ0) is 15.8. The van der Waals surface area contributed by atoms with E-state index in [0.717, 1.165) is 12.8 Å². The molecule has 2 fully saturated rings. The third-order valence-electron chi connectivity index (χ3n) is 4.90. The molecule has 2 rings (SSSR count). The molecular formula is C16H26FNO3. The number of hydrogen-bond acceptors (Lipinski definition) is 2. The zero-order valence-corrected chi connectivity index (χ0v) is 13.2. The van der Waals surface area contributed by atoms with Crippen molar-refractivity contribution in [2.75, 3.05) is 13.1 Å². The minimum absolute atomic E-state index is 0.0920. The van der Waals surface area contributed by atoms with Crippen LogP contribution in [0.15, 0.2) is 0 Å². The molecule has 1 N–H and O–H groups in total. The van der Waals surface area contributed by atoms with E-state index in [1.807, 2.05) is 0 Å². The van der Waals surface area contributed by atoms with Crippen LogP contribution in [0.5, 0.6) is 0 Å². The van der Waals surface area contributed by atoms with Crippen molar-refractivity contribution in [1.29, 1.82) is 0 Å². The van der Waals surface area contributed by atoms with E-state index in [9.17, 15) is 14.0 Å². The average Bonchev–Trinajstić information content (AvgIpc) is 2.70. The summed E-state index contributed by atoms with van der Waals surface area (Å²) >= 11 is 0. The molecule has 4 nitrogen and oxygen atoms in total. The number of hydrogen-bond donors (Lipinski definition) is 1. The Hall–Kier alpha value is -1.13. The first kappa shape index (κ1) is 16.2. The number of aliphatic carboxylic acids is 1. The molecule has 2 aliphatic rings. The Morgan fingerprint density at radius 3 is 2.52 bits per heavy atom. The number of carbonyl (C=O) groups excluding carboxylic acids is 1. The molecule has 1 aliphatic carbocycles. The molecule has 0 aromatic carbocycles. The highest BCUT2D eigenvalue weighted by Crippen LogP contribution is 2.43. The second-order valence-corrected chi connectivity index (χ2v) is 7.82. The summed E-state index contributed by atoms with van der Waals surface area (Å²) in [5.74, 6) is -0.615. The topological polar surface area (TPSA) is 57.6 Å². The standard InChI is InChI=1S/C16H26FNO3/c1-11-6-12(9-15(2,3)8-11)7-13(19)18-5-4-16(17,10-18)14(20)21/h11-12H,4-10H2,1-3H3,(H,20,21). The van der Waals surface area contributed by atoms with Gasteiger partial charge in [-0.3, -0.25) is 4.79 Å². The van der Waals surface area contributed by atoms with Crippen LogP contribution >= 0.6 is 0 Å². The van der Waals surface area contributed by atoms with Crippen LogP contribution < -0.4 is 0 Å². The fraction of sp³-hybridized carbons (Fsp3) is 0.875. The molecule has 3 atom stereocenters. The summed E-state index contributed by atoms with van der Waals surface area (Å²) in [6, 6.07) is 0. The number of nitrogens with zero attached hydrogens (tertiary/aromatic N) is 1. The van der Waals surface area contributed by atoms with Gasteiger partial charge in [0.15, 0.2) is 0 Å². The molecule has 1 amide bonds. The van der Waals surface area contributed by atoms with Crippen molar-refractivity contribution in [3.63, 3.8) is 0 Å². The van der Waals surface area contributed by atoms with Crippen LogP contribution in [0.25, 0.3) is 0 Å². The Morgan fingerprint density at radius 1 is 1.33 bits per heavy atom. The highest BCUT2D eigenvalue weighted by molar-refractivity contribution is 5.82. The van der Waals surface area contributed by atoms with Gasteiger partial charge in [0.2, 0.25) is 11.6 Å². The van der Waals surface area contributed by atoms with Gasteiger partial charge in [-0.05, 0) is 36.5 Å². The largest absolute Gasteiger partial charge is 0.479 e. The summed E-state index contributed by atoms with van der Waals surface area (Å²) in [7, 11) is 0. The molecular weight excluding hydrogens is 273 g/mol. The van der Waals surface area contributed by atoms with Gasteiger partial charge in [-0.25, -0.2) is 9.18 Å². The van der Waals surface area contributed by atoms with Crippen molar-refractivity contribution in [3.05, 3.63) is 0 Å². The summed E-state index contributed by atoms with van der Waals surface area (Å²) < 4.78 is 14.0. The summed E-state index contributed by atoms with van der Waals surface area (Å²) in [6.07, 6.45) is 3.54. The first-order valence-corrected chi connectivity index (χ1v) is 7.81. The molecule has 0 spiro atoms. The number of halogens is 1. The number of amides is 1. The van der Waals surface area contributed by atoms with Gasteiger partial charge in [0.25, 0.3) is 0 Å². The van der Waals surface area contributed by atoms with E-state index in [1.165, 1.54) is 11.3 Å². The lowest BCUT2D eigenvalue weighted by Gasteiger charge is -2.39. The maximum atomic E-state index is 14.0. The monoisotopic (exact) mass is 299 g/mol. The maximum absolute atomic E-state index is 14.0. The van der Waals surface area contributed by atoms with Gasteiger partial charge in [0.1, 0.15) is 0 Å². The van der Waals surface area contributed by atoms with Crippen molar-refractivity contribution in [2.45, 2.75) is 58.5 Å². The summed E-state index contributed by atoms with van der Waals surface area (Å²) in [4.78, 5) is 24.6. The number of carbonyl (C=O) groups is 2. The predicted octanol–water partition coefficient (Wildman–Crippen LogP) is 2.86. The van der Waals surface area contributed by atoms with Crippen LogP contribution in [0.2, 0.25) is 0 Å². The molecule has 1 heterocycles. The fourth-order valence-corrected chi connectivity index (χ4v) is 4.24. The lowest BCUT2D eigenvalue weighted by atomic mass is 9.67. The molecule has 0 radical (unpaired) electrons. The van der Waals surface area contributed by atoms with Gasteiger partial charge in [0, 0.05) is 19.4 Å². The van der Waals surface area contributed by atoms with Crippen LogP contribution in [0.4, 0.5) is 4.39 Å². The highest BCUT2D eigenvalue weighted by Gasteiger charge is 2.47. The lowest BCUT2D eigenvalue weighted by Crippen LogP contribution is -2.40. The number of carboxylic acid groups (broad SMARTS) is 1. The van der Waals surface area contributed by atoms with Gasteiger partial charge in [-0.2, -0.15) is 0 Å². The number of rotatable bonds is 3. The summed E-state index contributed by atoms with van der Waals surface area (Å²) in [6.45, 7) is 6.59. The Labute approximate surface area is 125 Å². The first-order chi connectivity index (χ1) is 9.61. The van der Waals surface area contributed by atoms with E-state index in [0.29, 0.717) is 18.3 Å². The number of carboxylic acids is 1. The van der Waals surface area contributed by atoms with Crippen LogP contribution in [0, 0.1) is 17.3 Å². The molecule has 3 unspecified atom stereocenters. The Bertz CT molecular complexity index is 437. The Balaban J connectivity index is 1.92. The molecule has 5 heteroatoms. The lowest BCUT2D eigenvalue weighted by molar-refractivity contribution is -0.150. The number of alkyl halides is 1. The summed E-state index contributed by atoms with van der Waals surface area (Å²) in [5, 5.41) is 8.88. The van der Waals surface area contributed by atoms with Crippen molar-refractivity contribution in [3.8, 4) is 0 Å². The second-order valence-electron chi connectivity index (χ2n) is 7.82. The quantitative estimate of drug-likeness (QED) is 0.871. The van der Waals surface area contributed by atoms with E-state index in [1.54, 1.807) is 0 Å². The molecule has 0 aromatic rings. The molecule has 120 valence electrons. The van der Waals surface area contributed by atoms with Crippen molar-refractivity contribution in [1.82, 2.24) is 4.90 Å². The molecule has 1 saturated carbocycles. The van der Waals surface area contributed by atoms with E-state index < -0.39 is 11.6 Å². The van der Waals surface area contributed by atoms with Crippen LogP contribution in [-0.2, 0) is 9.59 Å². The van der Waals surface area contributed by atoms with E-state index >= 15 is 0 Å².